The molecule has 7 nitrogen and oxygen atoms in total. The van der Waals surface area contributed by atoms with Crippen molar-refractivity contribution in [2.24, 2.45) is 0 Å². The Bertz CT molecular complexity index is 1010. The van der Waals surface area contributed by atoms with Gasteiger partial charge in [-0.1, -0.05) is 0 Å². The number of anilines is 2. The first-order chi connectivity index (χ1) is 15.3. The molecule has 0 aliphatic carbocycles. The first-order valence-corrected chi connectivity index (χ1v) is 13.2. The lowest BCUT2D eigenvalue weighted by Gasteiger charge is -2.39. The van der Waals surface area contributed by atoms with E-state index in [2.05, 4.69) is 9.62 Å². The Morgan fingerprint density at radius 2 is 2.06 bits per heavy atom. The van der Waals surface area contributed by atoms with E-state index in [4.69, 9.17) is 4.74 Å². The third kappa shape index (κ3) is 4.78. The zero-order valence-corrected chi connectivity index (χ0v) is 19.3. The van der Waals surface area contributed by atoms with E-state index in [0.717, 1.165) is 38.6 Å². The predicted molar refractivity (Wildman–Crippen MR) is 122 cm³/mol. The van der Waals surface area contributed by atoms with Crippen LogP contribution in [0.5, 0.6) is 5.75 Å². The molecule has 0 amide bonds. The van der Waals surface area contributed by atoms with E-state index in [1.807, 2.05) is 0 Å². The number of carbonyl (C=O) groups is 1. The number of nitrogens with one attached hydrogen (secondary N) is 1. The molecule has 1 fully saturated rings. The van der Waals surface area contributed by atoms with E-state index in [0.29, 0.717) is 23.7 Å². The zero-order chi connectivity index (χ0) is 22.8. The van der Waals surface area contributed by atoms with Crippen LogP contribution >= 0.6 is 0 Å². The summed E-state index contributed by atoms with van der Waals surface area (Å²) in [6.07, 6.45) is 5.98. The minimum atomic E-state index is -1.89. The van der Waals surface area contributed by atoms with Crippen molar-refractivity contribution in [3.63, 3.8) is 0 Å². The van der Waals surface area contributed by atoms with Gasteiger partial charge in [0.15, 0.2) is 16.5 Å². The summed E-state index contributed by atoms with van der Waals surface area (Å²) >= 11 is -3.46. The fraction of sp³-hybridized carbons (Fsp3) is 0.409. The third-order valence-electron chi connectivity index (χ3n) is 5.83. The molecule has 2 N–H and O–H groups in total. The number of halogens is 1. The number of carboxylic acids is 1. The lowest BCUT2D eigenvalue weighted by atomic mass is 9.97. The minimum Gasteiger partial charge on any atom is -0.612 e. The average molecular weight is 481 g/mol. The van der Waals surface area contributed by atoms with Crippen molar-refractivity contribution in [2.75, 3.05) is 29.0 Å². The molecule has 2 aliphatic rings. The van der Waals surface area contributed by atoms with Gasteiger partial charge < -0.3 is 23.8 Å². The molecule has 3 unspecified atom stereocenters. The van der Waals surface area contributed by atoms with Crippen molar-refractivity contribution in [1.82, 2.24) is 0 Å². The average Bonchev–Trinajstić information content (AvgIpc) is 2.77. The molecular formula is C22H25FN2O5S2. The number of benzene rings is 2. The molecule has 0 saturated carbocycles. The van der Waals surface area contributed by atoms with Crippen LogP contribution in [-0.4, -0.2) is 45.6 Å². The summed E-state index contributed by atoms with van der Waals surface area (Å²) in [6.45, 7) is 1.14. The Morgan fingerprint density at radius 1 is 1.28 bits per heavy atom. The van der Waals surface area contributed by atoms with Gasteiger partial charge in [0, 0.05) is 30.8 Å². The van der Waals surface area contributed by atoms with Gasteiger partial charge in [0.2, 0.25) is 4.90 Å². The molecule has 10 heteroatoms. The van der Waals surface area contributed by atoms with E-state index < -0.39 is 34.3 Å². The van der Waals surface area contributed by atoms with Crippen molar-refractivity contribution < 1.29 is 28.1 Å². The van der Waals surface area contributed by atoms with Crippen LogP contribution in [0, 0.1) is 5.82 Å². The summed E-state index contributed by atoms with van der Waals surface area (Å²) in [6, 6.07) is 7.23. The van der Waals surface area contributed by atoms with Crippen molar-refractivity contribution in [1.29, 1.82) is 0 Å². The highest BCUT2D eigenvalue weighted by atomic mass is 32.2. The molecule has 1 saturated heterocycles. The monoisotopic (exact) mass is 480 g/mol. The maximum Gasteiger partial charge on any atom is 0.335 e. The summed E-state index contributed by atoms with van der Waals surface area (Å²) in [7, 11) is 0. The lowest BCUT2D eigenvalue weighted by molar-refractivity contribution is 0.0696. The van der Waals surface area contributed by atoms with Crippen molar-refractivity contribution in [3.8, 4) is 5.75 Å². The van der Waals surface area contributed by atoms with Gasteiger partial charge in [0.1, 0.15) is 23.3 Å². The fourth-order valence-corrected chi connectivity index (χ4v) is 5.90. The van der Waals surface area contributed by atoms with E-state index in [-0.39, 0.29) is 21.4 Å². The van der Waals surface area contributed by atoms with Gasteiger partial charge in [-0.05, 0) is 55.4 Å². The van der Waals surface area contributed by atoms with Gasteiger partial charge in [0.25, 0.3) is 0 Å². The molecule has 172 valence electrons. The fourth-order valence-electron chi connectivity index (χ4n) is 4.26. The lowest BCUT2D eigenvalue weighted by Crippen LogP contribution is -2.40. The smallest absolute Gasteiger partial charge is 0.335 e. The molecule has 2 aromatic rings. The molecule has 3 atom stereocenters. The minimum absolute atomic E-state index is 0.0135. The van der Waals surface area contributed by atoms with E-state index in [9.17, 15) is 23.4 Å². The van der Waals surface area contributed by atoms with Crippen LogP contribution in [-0.2, 0) is 22.5 Å². The maximum absolute atomic E-state index is 14.8. The van der Waals surface area contributed by atoms with Crippen LogP contribution in [0.25, 0.3) is 0 Å². The molecule has 4 rings (SSSR count). The highest BCUT2D eigenvalue weighted by Crippen LogP contribution is 2.38. The van der Waals surface area contributed by atoms with Gasteiger partial charge in [-0.3, -0.25) is 0 Å². The second-order valence-electron chi connectivity index (χ2n) is 7.93. The summed E-state index contributed by atoms with van der Waals surface area (Å²) < 4.78 is 49.0. The Balaban J connectivity index is 1.82. The topological polar surface area (TPSA) is 108 Å². The van der Waals surface area contributed by atoms with Crippen molar-refractivity contribution >= 4 is 39.9 Å². The number of aromatic carboxylic acids is 1. The summed E-state index contributed by atoms with van der Waals surface area (Å²) in [4.78, 5) is 13.8. The molecular weight excluding hydrogens is 455 g/mol. The van der Waals surface area contributed by atoms with Crippen molar-refractivity contribution in [3.05, 3.63) is 41.7 Å². The number of hydrogen-bond acceptors (Lipinski definition) is 6. The first kappa shape index (κ1) is 23.0. The number of ether oxygens (including phenoxy) is 1. The van der Waals surface area contributed by atoms with Crippen LogP contribution in [0.4, 0.5) is 15.8 Å². The highest BCUT2D eigenvalue weighted by molar-refractivity contribution is 7.93. The summed E-state index contributed by atoms with van der Waals surface area (Å²) in [5.74, 6) is -1.37. The van der Waals surface area contributed by atoms with Crippen LogP contribution in [0.2, 0.25) is 0 Å². The first-order valence-electron chi connectivity index (χ1n) is 10.5. The number of nitrogens with zero attached hydrogens (tertiary/aromatic N) is 1. The number of carboxylic acid groups (broad SMARTS) is 1. The Kier molecular flexibility index (Phi) is 7.04. The number of hydrogen-bond donors (Lipinski definition) is 2. The largest absolute Gasteiger partial charge is 0.612 e. The Morgan fingerprint density at radius 3 is 2.81 bits per heavy atom. The molecule has 0 spiro atoms. The predicted octanol–water partition coefficient (Wildman–Crippen LogP) is 3.93. The standard InChI is InChI=1S/C22H25FN2O5S2/c1-31(28)20-13-17-18(12-16(20)23)25-9-3-2-5-15(25)6-4-10-30-19-8-7-14(22(26)27)11-21(19)32(29)24-17/h7-8,11-13,15,24H,2-6,9-10H2,1H3,(H,26,27). The van der Waals surface area contributed by atoms with Crippen molar-refractivity contribution in [2.45, 2.75) is 47.9 Å². The highest BCUT2D eigenvalue weighted by Gasteiger charge is 2.30. The SMILES string of the molecule is C[S+]([O-])c1cc2c(cc1F)N1CCCCC1CCCOc1ccc(C(=O)O)cc1[S+]([O-])N2. The van der Waals surface area contributed by atoms with Crippen LogP contribution in [0.3, 0.4) is 0 Å². The van der Waals surface area contributed by atoms with Gasteiger partial charge in [-0.2, -0.15) is 0 Å². The van der Waals surface area contributed by atoms with E-state index in [1.165, 1.54) is 36.6 Å². The molecule has 0 radical (unpaired) electrons. The third-order valence-corrected chi connectivity index (χ3v) is 7.88. The van der Waals surface area contributed by atoms with Crippen LogP contribution in [0.15, 0.2) is 40.1 Å². The molecule has 0 bridgehead atoms. The quantitative estimate of drug-likeness (QED) is 0.627. The van der Waals surface area contributed by atoms with E-state index in [1.54, 1.807) is 0 Å². The van der Waals surface area contributed by atoms with Gasteiger partial charge in [-0.25, -0.2) is 13.9 Å². The van der Waals surface area contributed by atoms with Gasteiger partial charge in [-0.15, -0.1) is 0 Å². The Labute approximate surface area is 192 Å². The van der Waals surface area contributed by atoms with E-state index >= 15 is 0 Å². The number of fused-ring (bicyclic) bond motifs is 4. The number of piperidine rings is 1. The normalized spacial score (nSPS) is 22.1. The molecule has 2 heterocycles. The van der Waals surface area contributed by atoms with Gasteiger partial charge in [0.05, 0.1) is 17.9 Å². The molecule has 2 aliphatic heterocycles. The van der Waals surface area contributed by atoms with Crippen LogP contribution < -0.4 is 14.4 Å². The zero-order valence-electron chi connectivity index (χ0n) is 17.6. The summed E-state index contributed by atoms with van der Waals surface area (Å²) in [5, 5.41) is 9.35. The molecule has 2 aromatic carbocycles. The van der Waals surface area contributed by atoms with Gasteiger partial charge >= 0.3 is 5.97 Å². The van der Waals surface area contributed by atoms with Crippen LogP contribution in [0.1, 0.15) is 42.5 Å². The second-order valence-corrected chi connectivity index (χ2v) is 10.5. The Hall–Kier alpha value is -2.14. The maximum atomic E-state index is 14.8. The second kappa shape index (κ2) is 9.78. The molecule has 32 heavy (non-hydrogen) atoms. The molecule has 0 aromatic heterocycles. The summed E-state index contributed by atoms with van der Waals surface area (Å²) in [5.41, 5.74) is 0.960. The number of rotatable bonds is 2.